The standard InChI is InChI=1S/C17H29N3/c1-2-20(15-17-11-6-7-12-19-17)14-8-13-18-16-9-4-3-5-10-16/h6-7,11-12,16,18H,2-5,8-10,13-15H2,1H3. The largest absolute Gasteiger partial charge is 0.314 e. The fraction of sp³-hybridized carbons (Fsp3) is 0.706. The average molecular weight is 275 g/mol. The van der Waals surface area contributed by atoms with Crippen molar-refractivity contribution in [3.8, 4) is 0 Å². The molecule has 112 valence electrons. The SMILES string of the molecule is CCN(CCCNC1CCCCC1)Cc1ccccn1. The average Bonchev–Trinajstić information content (AvgIpc) is 2.52. The summed E-state index contributed by atoms with van der Waals surface area (Å²) in [5.41, 5.74) is 1.18. The van der Waals surface area contributed by atoms with Crippen molar-refractivity contribution >= 4 is 0 Å². The molecule has 0 radical (unpaired) electrons. The summed E-state index contributed by atoms with van der Waals surface area (Å²) in [7, 11) is 0. The minimum absolute atomic E-state index is 0.787. The summed E-state index contributed by atoms with van der Waals surface area (Å²) in [5, 5.41) is 3.72. The highest BCUT2D eigenvalue weighted by molar-refractivity contribution is 5.03. The van der Waals surface area contributed by atoms with Crippen LogP contribution < -0.4 is 5.32 Å². The number of hydrogen-bond donors (Lipinski definition) is 1. The Balaban J connectivity index is 1.61. The van der Waals surface area contributed by atoms with E-state index < -0.39 is 0 Å². The van der Waals surface area contributed by atoms with Crippen molar-refractivity contribution < 1.29 is 0 Å². The minimum atomic E-state index is 0.787. The molecule has 3 nitrogen and oxygen atoms in total. The summed E-state index contributed by atoms with van der Waals surface area (Å²) in [6, 6.07) is 6.95. The summed E-state index contributed by atoms with van der Waals surface area (Å²) in [5.74, 6) is 0. The van der Waals surface area contributed by atoms with E-state index in [1.165, 1.54) is 44.2 Å². The molecule has 1 fully saturated rings. The Kier molecular flexibility index (Phi) is 7.02. The third-order valence-corrected chi connectivity index (χ3v) is 4.25. The Hall–Kier alpha value is -0.930. The topological polar surface area (TPSA) is 28.2 Å². The van der Waals surface area contributed by atoms with Crippen molar-refractivity contribution in [3.05, 3.63) is 30.1 Å². The van der Waals surface area contributed by atoms with Gasteiger partial charge in [0.05, 0.1) is 5.69 Å². The van der Waals surface area contributed by atoms with Crippen molar-refractivity contribution in [2.24, 2.45) is 0 Å². The molecule has 3 heteroatoms. The first-order chi connectivity index (χ1) is 9.88. The second-order valence-corrected chi connectivity index (χ2v) is 5.83. The highest BCUT2D eigenvalue weighted by Gasteiger charge is 2.12. The minimum Gasteiger partial charge on any atom is -0.314 e. The van der Waals surface area contributed by atoms with E-state index in [2.05, 4.69) is 34.3 Å². The van der Waals surface area contributed by atoms with E-state index in [4.69, 9.17) is 0 Å². The molecule has 0 aromatic carbocycles. The normalized spacial score (nSPS) is 16.7. The number of nitrogens with one attached hydrogen (secondary N) is 1. The zero-order valence-corrected chi connectivity index (χ0v) is 12.9. The second-order valence-electron chi connectivity index (χ2n) is 5.83. The Morgan fingerprint density at radius 1 is 1.25 bits per heavy atom. The molecule has 0 saturated heterocycles. The van der Waals surface area contributed by atoms with Crippen LogP contribution in [0.3, 0.4) is 0 Å². The molecule has 1 heterocycles. The summed E-state index contributed by atoms with van der Waals surface area (Å²) in [6.45, 7) is 6.62. The Morgan fingerprint density at radius 3 is 2.80 bits per heavy atom. The monoisotopic (exact) mass is 275 g/mol. The zero-order valence-electron chi connectivity index (χ0n) is 12.9. The van der Waals surface area contributed by atoms with Crippen molar-refractivity contribution in [3.63, 3.8) is 0 Å². The molecule has 0 unspecified atom stereocenters. The fourth-order valence-electron chi connectivity index (χ4n) is 2.99. The van der Waals surface area contributed by atoms with Crippen molar-refractivity contribution in [2.75, 3.05) is 19.6 Å². The maximum absolute atomic E-state index is 4.41. The summed E-state index contributed by atoms with van der Waals surface area (Å²) < 4.78 is 0. The van der Waals surface area contributed by atoms with E-state index >= 15 is 0 Å². The molecule has 1 aromatic heterocycles. The van der Waals surface area contributed by atoms with E-state index in [0.717, 1.165) is 32.2 Å². The van der Waals surface area contributed by atoms with Gasteiger partial charge in [-0.25, -0.2) is 0 Å². The molecule has 0 atom stereocenters. The molecule has 1 saturated carbocycles. The lowest BCUT2D eigenvalue weighted by atomic mass is 9.95. The summed E-state index contributed by atoms with van der Waals surface area (Å²) in [6.07, 6.45) is 10.1. The number of nitrogens with zero attached hydrogens (tertiary/aromatic N) is 2. The lowest BCUT2D eigenvalue weighted by Crippen LogP contribution is -2.34. The molecule has 0 spiro atoms. The Morgan fingerprint density at radius 2 is 2.10 bits per heavy atom. The molecule has 1 N–H and O–H groups in total. The van der Waals surface area contributed by atoms with E-state index in [0.29, 0.717) is 0 Å². The molecule has 1 aromatic rings. The molecule has 1 aliphatic carbocycles. The van der Waals surface area contributed by atoms with Gasteiger partial charge in [-0.05, 0) is 51.0 Å². The third kappa shape index (κ3) is 5.59. The van der Waals surface area contributed by atoms with Gasteiger partial charge in [-0.15, -0.1) is 0 Å². The van der Waals surface area contributed by atoms with E-state index in [1.54, 1.807) is 0 Å². The van der Waals surface area contributed by atoms with Gasteiger partial charge in [0.25, 0.3) is 0 Å². The Bertz CT molecular complexity index is 347. The summed E-state index contributed by atoms with van der Waals surface area (Å²) in [4.78, 5) is 6.89. The molecule has 0 aliphatic heterocycles. The number of pyridine rings is 1. The van der Waals surface area contributed by atoms with Crippen LogP contribution in [0.25, 0.3) is 0 Å². The molecule has 2 rings (SSSR count). The molecule has 20 heavy (non-hydrogen) atoms. The Labute approximate surface area is 123 Å². The number of aromatic nitrogens is 1. The van der Waals surface area contributed by atoms with E-state index in [1.807, 2.05) is 12.3 Å². The van der Waals surface area contributed by atoms with Crippen LogP contribution in [-0.4, -0.2) is 35.6 Å². The molecular formula is C17H29N3. The first-order valence-corrected chi connectivity index (χ1v) is 8.24. The van der Waals surface area contributed by atoms with E-state index in [-0.39, 0.29) is 0 Å². The third-order valence-electron chi connectivity index (χ3n) is 4.25. The molecular weight excluding hydrogens is 246 g/mol. The van der Waals surface area contributed by atoms with Gasteiger partial charge in [-0.2, -0.15) is 0 Å². The molecule has 0 amide bonds. The molecule has 0 bridgehead atoms. The van der Waals surface area contributed by atoms with Gasteiger partial charge < -0.3 is 5.32 Å². The highest BCUT2D eigenvalue weighted by Crippen LogP contribution is 2.17. The second kappa shape index (κ2) is 9.09. The predicted octanol–water partition coefficient (Wildman–Crippen LogP) is 3.22. The van der Waals surface area contributed by atoms with Gasteiger partial charge in [0.2, 0.25) is 0 Å². The lowest BCUT2D eigenvalue weighted by molar-refractivity contribution is 0.267. The van der Waals surface area contributed by atoms with Crippen molar-refractivity contribution in [2.45, 2.75) is 58.0 Å². The van der Waals surface area contributed by atoms with Gasteiger partial charge in [-0.1, -0.05) is 32.3 Å². The fourth-order valence-corrected chi connectivity index (χ4v) is 2.99. The number of hydrogen-bond acceptors (Lipinski definition) is 3. The first kappa shape index (κ1) is 15.5. The maximum Gasteiger partial charge on any atom is 0.0543 e. The predicted molar refractivity (Wildman–Crippen MR) is 84.7 cm³/mol. The lowest BCUT2D eigenvalue weighted by Gasteiger charge is -2.24. The quantitative estimate of drug-likeness (QED) is 0.738. The maximum atomic E-state index is 4.41. The van der Waals surface area contributed by atoms with Gasteiger partial charge in [0, 0.05) is 18.8 Å². The van der Waals surface area contributed by atoms with Crippen LogP contribution in [0.2, 0.25) is 0 Å². The van der Waals surface area contributed by atoms with E-state index in [9.17, 15) is 0 Å². The first-order valence-electron chi connectivity index (χ1n) is 8.24. The van der Waals surface area contributed by atoms with Crippen LogP contribution in [0, 0.1) is 0 Å². The number of rotatable bonds is 8. The van der Waals surface area contributed by atoms with Crippen LogP contribution in [0.1, 0.15) is 51.1 Å². The van der Waals surface area contributed by atoms with Crippen LogP contribution >= 0.6 is 0 Å². The van der Waals surface area contributed by atoms with Crippen LogP contribution in [-0.2, 0) is 6.54 Å². The zero-order chi connectivity index (χ0) is 14.0. The van der Waals surface area contributed by atoms with Gasteiger partial charge in [0.15, 0.2) is 0 Å². The van der Waals surface area contributed by atoms with Gasteiger partial charge in [-0.3, -0.25) is 9.88 Å². The van der Waals surface area contributed by atoms with Gasteiger partial charge in [0.1, 0.15) is 0 Å². The van der Waals surface area contributed by atoms with Crippen molar-refractivity contribution in [1.29, 1.82) is 0 Å². The van der Waals surface area contributed by atoms with Crippen LogP contribution in [0.5, 0.6) is 0 Å². The van der Waals surface area contributed by atoms with Crippen molar-refractivity contribution in [1.82, 2.24) is 15.2 Å². The summed E-state index contributed by atoms with van der Waals surface area (Å²) >= 11 is 0. The van der Waals surface area contributed by atoms with Crippen LogP contribution in [0.4, 0.5) is 0 Å². The van der Waals surface area contributed by atoms with Crippen LogP contribution in [0.15, 0.2) is 24.4 Å². The smallest absolute Gasteiger partial charge is 0.0543 e. The molecule has 1 aliphatic rings. The highest BCUT2D eigenvalue weighted by atomic mass is 15.1. The van der Waals surface area contributed by atoms with Gasteiger partial charge >= 0.3 is 0 Å².